The van der Waals surface area contributed by atoms with Crippen LogP contribution in [0.15, 0.2) is 109 Å². The SMILES string of the molecule is Cc1ccccc1Oc1ccccc1P(c1ccccc1)c1ccccc1. The number of rotatable bonds is 5. The first-order chi connectivity index (χ1) is 13.3. The number of ether oxygens (including phenoxy) is 1. The molecule has 4 rings (SSSR count). The molecule has 2 heteroatoms. The van der Waals surface area contributed by atoms with Crippen molar-refractivity contribution in [3.8, 4) is 11.5 Å². The topological polar surface area (TPSA) is 9.23 Å². The quantitative estimate of drug-likeness (QED) is 0.420. The highest BCUT2D eigenvalue weighted by Crippen LogP contribution is 2.37. The second-order valence-electron chi connectivity index (χ2n) is 6.34. The molecular formula is C25H21OP. The summed E-state index contributed by atoms with van der Waals surface area (Å²) >= 11 is 0. The van der Waals surface area contributed by atoms with Crippen LogP contribution in [0.5, 0.6) is 11.5 Å². The minimum Gasteiger partial charge on any atom is -0.456 e. The minimum atomic E-state index is -0.698. The molecule has 0 N–H and O–H groups in total. The molecule has 1 nitrogen and oxygen atoms in total. The van der Waals surface area contributed by atoms with Crippen molar-refractivity contribution in [2.24, 2.45) is 0 Å². The summed E-state index contributed by atoms with van der Waals surface area (Å²) in [6.07, 6.45) is 0. The summed E-state index contributed by atoms with van der Waals surface area (Å²) < 4.78 is 6.38. The molecule has 0 spiro atoms. The Bertz CT molecular complexity index is 973. The molecule has 0 aliphatic carbocycles. The third kappa shape index (κ3) is 3.94. The number of aryl methyl sites for hydroxylation is 1. The fourth-order valence-corrected chi connectivity index (χ4v) is 5.47. The molecule has 27 heavy (non-hydrogen) atoms. The summed E-state index contributed by atoms with van der Waals surface area (Å²) in [4.78, 5) is 0. The third-order valence-corrected chi connectivity index (χ3v) is 6.93. The number of para-hydroxylation sites is 2. The van der Waals surface area contributed by atoms with E-state index in [1.165, 1.54) is 15.9 Å². The Hall–Kier alpha value is -2.89. The lowest BCUT2D eigenvalue weighted by Gasteiger charge is -2.22. The van der Waals surface area contributed by atoms with Crippen LogP contribution in [0.4, 0.5) is 0 Å². The zero-order chi connectivity index (χ0) is 18.5. The van der Waals surface area contributed by atoms with E-state index in [-0.39, 0.29) is 0 Å². The summed E-state index contributed by atoms with van der Waals surface area (Å²) in [6.45, 7) is 2.08. The highest BCUT2D eigenvalue weighted by atomic mass is 31.1. The van der Waals surface area contributed by atoms with Crippen LogP contribution >= 0.6 is 7.92 Å². The highest BCUT2D eigenvalue weighted by molar-refractivity contribution is 7.80. The van der Waals surface area contributed by atoms with E-state index in [2.05, 4.69) is 91.9 Å². The van der Waals surface area contributed by atoms with Crippen LogP contribution < -0.4 is 20.7 Å². The van der Waals surface area contributed by atoms with Crippen LogP contribution in [0.3, 0.4) is 0 Å². The van der Waals surface area contributed by atoms with Crippen LogP contribution in [-0.2, 0) is 0 Å². The predicted molar refractivity (Wildman–Crippen MR) is 116 cm³/mol. The van der Waals surface area contributed by atoms with Gasteiger partial charge in [-0.2, -0.15) is 0 Å². The van der Waals surface area contributed by atoms with Gasteiger partial charge < -0.3 is 4.74 Å². The Morgan fingerprint density at radius 2 is 1.00 bits per heavy atom. The van der Waals surface area contributed by atoms with Crippen LogP contribution in [0.25, 0.3) is 0 Å². The molecular weight excluding hydrogens is 347 g/mol. The molecule has 0 radical (unpaired) electrons. The van der Waals surface area contributed by atoms with E-state index in [9.17, 15) is 0 Å². The van der Waals surface area contributed by atoms with Gasteiger partial charge in [-0.1, -0.05) is 97.1 Å². The third-order valence-electron chi connectivity index (χ3n) is 4.45. The summed E-state index contributed by atoms with van der Waals surface area (Å²) in [5.74, 6) is 1.83. The van der Waals surface area contributed by atoms with E-state index >= 15 is 0 Å². The second-order valence-corrected chi connectivity index (χ2v) is 8.53. The van der Waals surface area contributed by atoms with Crippen molar-refractivity contribution in [1.29, 1.82) is 0 Å². The summed E-state index contributed by atoms with van der Waals surface area (Å²) in [7, 11) is -0.698. The van der Waals surface area contributed by atoms with Gasteiger partial charge in [0.1, 0.15) is 11.5 Å². The van der Waals surface area contributed by atoms with Gasteiger partial charge in [0.2, 0.25) is 0 Å². The molecule has 0 aliphatic heterocycles. The molecule has 4 aromatic rings. The Kier molecular flexibility index (Phi) is 5.32. The normalized spacial score (nSPS) is 10.7. The summed E-state index contributed by atoms with van der Waals surface area (Å²) in [6, 6.07) is 38.0. The smallest absolute Gasteiger partial charge is 0.135 e. The molecule has 0 unspecified atom stereocenters. The fourth-order valence-electron chi connectivity index (χ4n) is 3.10. The molecule has 0 fully saturated rings. The van der Waals surface area contributed by atoms with Crippen molar-refractivity contribution in [1.82, 2.24) is 0 Å². The molecule has 132 valence electrons. The molecule has 0 amide bonds. The largest absolute Gasteiger partial charge is 0.456 e. The van der Waals surface area contributed by atoms with Crippen molar-refractivity contribution in [3.05, 3.63) is 115 Å². The van der Waals surface area contributed by atoms with E-state index in [0.717, 1.165) is 17.1 Å². The zero-order valence-electron chi connectivity index (χ0n) is 15.2. The van der Waals surface area contributed by atoms with E-state index in [1.54, 1.807) is 0 Å². The number of hydrogen-bond acceptors (Lipinski definition) is 1. The monoisotopic (exact) mass is 368 g/mol. The molecule has 0 aliphatic rings. The predicted octanol–water partition coefficient (Wildman–Crippen LogP) is 5.55. The minimum absolute atomic E-state index is 0.698. The lowest BCUT2D eigenvalue weighted by Crippen LogP contribution is -2.21. The van der Waals surface area contributed by atoms with E-state index < -0.39 is 7.92 Å². The first-order valence-electron chi connectivity index (χ1n) is 9.06. The maximum Gasteiger partial charge on any atom is 0.135 e. The van der Waals surface area contributed by atoms with Crippen molar-refractivity contribution in [3.63, 3.8) is 0 Å². The molecule has 0 saturated carbocycles. The fraction of sp³-hybridized carbons (Fsp3) is 0.0400. The second kappa shape index (κ2) is 8.20. The maximum absolute atomic E-state index is 6.38. The van der Waals surface area contributed by atoms with Crippen LogP contribution in [0.1, 0.15) is 5.56 Å². The summed E-state index contributed by atoms with van der Waals surface area (Å²) in [5.41, 5.74) is 1.14. The van der Waals surface area contributed by atoms with Gasteiger partial charge in [-0.3, -0.25) is 0 Å². The Morgan fingerprint density at radius 1 is 0.519 bits per heavy atom. The average molecular weight is 368 g/mol. The van der Waals surface area contributed by atoms with Gasteiger partial charge in [-0.15, -0.1) is 0 Å². The zero-order valence-corrected chi connectivity index (χ0v) is 16.1. The van der Waals surface area contributed by atoms with Crippen LogP contribution in [0, 0.1) is 6.92 Å². The summed E-state index contributed by atoms with van der Waals surface area (Å²) in [5, 5.41) is 3.87. The molecule has 0 bridgehead atoms. The van der Waals surface area contributed by atoms with Gasteiger partial charge in [0.15, 0.2) is 0 Å². The van der Waals surface area contributed by atoms with Gasteiger partial charge in [0, 0.05) is 5.30 Å². The lowest BCUT2D eigenvalue weighted by atomic mass is 10.2. The molecule has 0 atom stereocenters. The molecule has 0 heterocycles. The molecule has 4 aromatic carbocycles. The Balaban J connectivity index is 1.83. The van der Waals surface area contributed by atoms with E-state index in [4.69, 9.17) is 4.74 Å². The van der Waals surface area contributed by atoms with Crippen molar-refractivity contribution >= 4 is 23.8 Å². The van der Waals surface area contributed by atoms with Crippen LogP contribution in [-0.4, -0.2) is 0 Å². The molecule has 0 aromatic heterocycles. The average Bonchev–Trinajstić information content (AvgIpc) is 2.73. The van der Waals surface area contributed by atoms with E-state index in [1.807, 2.05) is 24.3 Å². The van der Waals surface area contributed by atoms with Gasteiger partial charge in [-0.05, 0) is 43.2 Å². The molecule has 0 saturated heterocycles. The first kappa shape index (κ1) is 17.5. The Morgan fingerprint density at radius 3 is 1.59 bits per heavy atom. The number of benzene rings is 4. The van der Waals surface area contributed by atoms with Crippen molar-refractivity contribution < 1.29 is 4.74 Å². The van der Waals surface area contributed by atoms with Gasteiger partial charge in [0.25, 0.3) is 0 Å². The maximum atomic E-state index is 6.38. The van der Waals surface area contributed by atoms with Crippen molar-refractivity contribution in [2.45, 2.75) is 6.92 Å². The number of hydrogen-bond donors (Lipinski definition) is 0. The lowest BCUT2D eigenvalue weighted by molar-refractivity contribution is 0.483. The highest BCUT2D eigenvalue weighted by Gasteiger charge is 2.20. The van der Waals surface area contributed by atoms with Gasteiger partial charge in [-0.25, -0.2) is 0 Å². The van der Waals surface area contributed by atoms with Gasteiger partial charge in [0.05, 0.1) is 0 Å². The van der Waals surface area contributed by atoms with E-state index in [0.29, 0.717) is 0 Å². The van der Waals surface area contributed by atoms with Gasteiger partial charge >= 0.3 is 0 Å². The standard InChI is InChI=1S/C25H21OP/c1-20-12-8-9-17-23(20)26-24-18-10-11-19-25(24)27(21-13-4-2-5-14-21)22-15-6-3-7-16-22/h2-19H,1H3. The Labute approximate surface area is 162 Å². The van der Waals surface area contributed by atoms with Crippen LogP contribution in [0.2, 0.25) is 0 Å². The first-order valence-corrected chi connectivity index (χ1v) is 10.4. The van der Waals surface area contributed by atoms with Crippen molar-refractivity contribution in [2.75, 3.05) is 0 Å².